The Morgan fingerprint density at radius 1 is 1.25 bits per heavy atom. The molecule has 0 bridgehead atoms. The highest BCUT2D eigenvalue weighted by Gasteiger charge is 2.29. The summed E-state index contributed by atoms with van der Waals surface area (Å²) >= 11 is 0. The van der Waals surface area contributed by atoms with Gasteiger partial charge in [0.25, 0.3) is 0 Å². The molecule has 1 fully saturated rings. The molecule has 1 aromatic carbocycles. The van der Waals surface area contributed by atoms with Crippen LogP contribution in [0.1, 0.15) is 12.8 Å². The first kappa shape index (κ1) is 15.2. The molecule has 1 aromatic rings. The van der Waals surface area contributed by atoms with Gasteiger partial charge in [0.15, 0.2) is 0 Å². The highest BCUT2D eigenvalue weighted by atomic mass is 32.2. The van der Waals surface area contributed by atoms with Gasteiger partial charge >= 0.3 is 0 Å². The van der Waals surface area contributed by atoms with Gasteiger partial charge in [0, 0.05) is 19.7 Å². The van der Waals surface area contributed by atoms with Crippen molar-refractivity contribution in [2.75, 3.05) is 26.3 Å². The molecule has 0 radical (unpaired) electrons. The maximum absolute atomic E-state index is 12.4. The van der Waals surface area contributed by atoms with Crippen molar-refractivity contribution in [3.8, 4) is 0 Å². The van der Waals surface area contributed by atoms with Crippen LogP contribution in [0.15, 0.2) is 47.9 Å². The van der Waals surface area contributed by atoms with Crippen LogP contribution in [-0.4, -0.2) is 39.0 Å². The lowest BCUT2D eigenvalue weighted by atomic mass is 9.99. The Balaban J connectivity index is 1.92. The smallest absolute Gasteiger partial charge is 0.243 e. The number of benzene rings is 1. The summed E-state index contributed by atoms with van der Waals surface area (Å²) in [6, 6.07) is 8.62. The predicted molar refractivity (Wildman–Crippen MR) is 78.9 cm³/mol. The molecule has 0 aliphatic carbocycles. The maximum Gasteiger partial charge on any atom is 0.243 e. The van der Waals surface area contributed by atoms with Gasteiger partial charge < -0.3 is 4.74 Å². The first-order valence-corrected chi connectivity index (χ1v) is 8.32. The van der Waals surface area contributed by atoms with Crippen LogP contribution < -0.4 is 0 Å². The van der Waals surface area contributed by atoms with E-state index < -0.39 is 10.0 Å². The Hall–Kier alpha value is -1.17. The summed E-state index contributed by atoms with van der Waals surface area (Å²) in [5.74, 6) is 0.442. The first-order chi connectivity index (χ1) is 9.64. The topological polar surface area (TPSA) is 46.6 Å². The van der Waals surface area contributed by atoms with E-state index in [4.69, 9.17) is 4.74 Å². The Kier molecular flexibility index (Phi) is 5.34. The monoisotopic (exact) mass is 295 g/mol. The fourth-order valence-electron chi connectivity index (χ4n) is 2.38. The van der Waals surface area contributed by atoms with Gasteiger partial charge in [-0.2, -0.15) is 4.31 Å². The summed E-state index contributed by atoms with van der Waals surface area (Å²) in [6.07, 6.45) is 3.43. The van der Waals surface area contributed by atoms with Crippen LogP contribution in [0.2, 0.25) is 0 Å². The number of nitrogens with zero attached hydrogens (tertiary/aromatic N) is 1. The number of sulfonamides is 1. The zero-order chi connectivity index (χ0) is 14.4. The van der Waals surface area contributed by atoms with Gasteiger partial charge in [-0.25, -0.2) is 8.42 Å². The van der Waals surface area contributed by atoms with Gasteiger partial charge in [-0.15, -0.1) is 6.58 Å². The van der Waals surface area contributed by atoms with Crippen molar-refractivity contribution in [2.24, 2.45) is 5.92 Å². The van der Waals surface area contributed by atoms with Crippen LogP contribution in [0.3, 0.4) is 0 Å². The van der Waals surface area contributed by atoms with Crippen molar-refractivity contribution in [3.05, 3.63) is 43.0 Å². The molecule has 0 saturated carbocycles. The van der Waals surface area contributed by atoms with E-state index in [1.54, 1.807) is 34.6 Å². The molecular weight excluding hydrogens is 274 g/mol. The molecule has 1 aliphatic rings. The van der Waals surface area contributed by atoms with E-state index in [2.05, 4.69) is 6.58 Å². The zero-order valence-electron chi connectivity index (χ0n) is 11.6. The minimum Gasteiger partial charge on any atom is -0.377 e. The fourth-order valence-corrected chi connectivity index (χ4v) is 3.87. The van der Waals surface area contributed by atoms with Crippen molar-refractivity contribution in [1.82, 2.24) is 4.31 Å². The summed E-state index contributed by atoms with van der Waals surface area (Å²) in [4.78, 5) is 0.376. The van der Waals surface area contributed by atoms with E-state index in [0.717, 1.165) is 12.8 Å². The first-order valence-electron chi connectivity index (χ1n) is 6.88. The minimum absolute atomic E-state index is 0.376. The van der Waals surface area contributed by atoms with Crippen molar-refractivity contribution in [1.29, 1.82) is 0 Å². The average Bonchev–Trinajstić information content (AvgIpc) is 2.49. The van der Waals surface area contributed by atoms with Crippen molar-refractivity contribution in [3.63, 3.8) is 0 Å². The molecule has 1 aliphatic heterocycles. The van der Waals surface area contributed by atoms with Gasteiger partial charge in [0.05, 0.1) is 11.5 Å². The highest BCUT2D eigenvalue weighted by Crippen LogP contribution is 2.23. The van der Waals surface area contributed by atoms with Gasteiger partial charge in [0.1, 0.15) is 0 Å². The normalized spacial score (nSPS) is 18.0. The van der Waals surface area contributed by atoms with Crippen molar-refractivity contribution >= 4 is 10.0 Å². The Morgan fingerprint density at radius 2 is 1.90 bits per heavy atom. The van der Waals surface area contributed by atoms with Crippen LogP contribution in [0, 0.1) is 5.92 Å². The molecule has 110 valence electrons. The van der Waals surface area contributed by atoms with Crippen LogP contribution in [-0.2, 0) is 14.8 Å². The summed E-state index contributed by atoms with van der Waals surface area (Å²) in [6.45, 7) is 5.99. The molecule has 1 heterocycles. The molecule has 20 heavy (non-hydrogen) atoms. The van der Waals surface area contributed by atoms with E-state index >= 15 is 0 Å². The molecule has 0 unspecified atom stereocenters. The molecule has 0 N–H and O–H groups in total. The second-order valence-corrected chi connectivity index (χ2v) is 6.92. The molecule has 0 amide bonds. The summed E-state index contributed by atoms with van der Waals surface area (Å²) in [5, 5.41) is 0. The van der Waals surface area contributed by atoms with Gasteiger partial charge in [0.2, 0.25) is 10.0 Å². The van der Waals surface area contributed by atoms with E-state index in [0.29, 0.717) is 37.1 Å². The summed E-state index contributed by atoms with van der Waals surface area (Å²) < 4.78 is 31.9. The largest absolute Gasteiger partial charge is 0.377 e. The SMILES string of the molecule is C=CCOCC1CCN(S(=O)(=O)c2ccccc2)CC1. The number of rotatable bonds is 6. The third kappa shape index (κ3) is 3.69. The van der Waals surface area contributed by atoms with E-state index in [1.807, 2.05) is 6.07 Å². The maximum atomic E-state index is 12.4. The molecule has 0 aromatic heterocycles. The number of ether oxygens (including phenoxy) is 1. The molecular formula is C15H21NO3S. The van der Waals surface area contributed by atoms with E-state index in [1.165, 1.54) is 0 Å². The lowest BCUT2D eigenvalue weighted by Gasteiger charge is -2.31. The Bertz CT molecular complexity index is 519. The molecule has 1 saturated heterocycles. The second kappa shape index (κ2) is 7.02. The van der Waals surface area contributed by atoms with E-state index in [-0.39, 0.29) is 0 Å². The van der Waals surface area contributed by atoms with E-state index in [9.17, 15) is 8.42 Å². The van der Waals surface area contributed by atoms with Crippen molar-refractivity contribution < 1.29 is 13.2 Å². The third-order valence-corrected chi connectivity index (χ3v) is 5.46. The third-order valence-electron chi connectivity index (χ3n) is 3.54. The van der Waals surface area contributed by atoms with Crippen LogP contribution >= 0.6 is 0 Å². The standard InChI is InChI=1S/C15H21NO3S/c1-2-12-19-13-14-8-10-16(11-9-14)20(17,18)15-6-4-3-5-7-15/h2-7,14H,1,8-13H2. The average molecular weight is 295 g/mol. The predicted octanol–water partition coefficient (Wildman–Crippen LogP) is 2.29. The number of hydrogen-bond donors (Lipinski definition) is 0. The van der Waals surface area contributed by atoms with Gasteiger partial charge in [-0.05, 0) is 30.9 Å². The lowest BCUT2D eigenvalue weighted by Crippen LogP contribution is -2.39. The van der Waals surface area contributed by atoms with Gasteiger partial charge in [-0.3, -0.25) is 0 Å². The number of hydrogen-bond acceptors (Lipinski definition) is 3. The van der Waals surface area contributed by atoms with Crippen molar-refractivity contribution in [2.45, 2.75) is 17.7 Å². The second-order valence-electron chi connectivity index (χ2n) is 4.99. The number of piperidine rings is 1. The molecule has 0 spiro atoms. The zero-order valence-corrected chi connectivity index (χ0v) is 12.4. The molecule has 2 rings (SSSR count). The molecule has 4 nitrogen and oxygen atoms in total. The highest BCUT2D eigenvalue weighted by molar-refractivity contribution is 7.89. The Labute approximate surface area is 121 Å². The molecule has 0 atom stereocenters. The summed E-state index contributed by atoms with van der Waals surface area (Å²) in [5.41, 5.74) is 0. The van der Waals surface area contributed by atoms with Crippen LogP contribution in [0.25, 0.3) is 0 Å². The van der Waals surface area contributed by atoms with Crippen LogP contribution in [0.4, 0.5) is 0 Å². The minimum atomic E-state index is -3.33. The quantitative estimate of drug-likeness (QED) is 0.597. The molecule has 5 heteroatoms. The van der Waals surface area contributed by atoms with Crippen LogP contribution in [0.5, 0.6) is 0 Å². The fraction of sp³-hybridized carbons (Fsp3) is 0.467. The lowest BCUT2D eigenvalue weighted by molar-refractivity contribution is 0.0982. The Morgan fingerprint density at radius 3 is 2.50 bits per heavy atom. The van der Waals surface area contributed by atoms with Gasteiger partial charge in [-0.1, -0.05) is 24.3 Å². The summed E-state index contributed by atoms with van der Waals surface area (Å²) in [7, 11) is -3.33.